The third kappa shape index (κ3) is 14.7. The molecule has 0 aliphatic carbocycles. The van der Waals surface area contributed by atoms with Gasteiger partial charge >= 0.3 is 12.1 Å². The van der Waals surface area contributed by atoms with Crippen LogP contribution in [0.3, 0.4) is 0 Å². The summed E-state index contributed by atoms with van der Waals surface area (Å²) in [7, 11) is 3.81. The minimum Gasteiger partial charge on any atom is -0.478 e. The molecule has 53 heavy (non-hydrogen) atoms. The summed E-state index contributed by atoms with van der Waals surface area (Å²) in [4.78, 5) is 27.0. The first kappa shape index (κ1) is 45.7. The maximum atomic E-state index is 13.1. The van der Waals surface area contributed by atoms with Crippen LogP contribution in [0.15, 0.2) is 72.9 Å². The van der Waals surface area contributed by atoms with Crippen LogP contribution in [-0.2, 0) is 14.3 Å². The Hall–Kier alpha value is -3.48. The molecule has 1 aliphatic heterocycles. The molecule has 5 N–H and O–H groups in total. The van der Waals surface area contributed by atoms with Crippen LogP contribution in [-0.4, -0.2) is 94.8 Å². The zero-order chi connectivity index (χ0) is 40.0. The molecule has 0 bridgehead atoms. The van der Waals surface area contributed by atoms with Crippen molar-refractivity contribution >= 4 is 17.7 Å². The number of aliphatic hydroxyl groups excluding tert-OH is 4. The van der Waals surface area contributed by atoms with Crippen molar-refractivity contribution in [2.45, 2.75) is 105 Å². The van der Waals surface area contributed by atoms with E-state index in [9.17, 15) is 30.0 Å². The molecule has 1 fully saturated rings. The highest BCUT2D eigenvalue weighted by atomic mass is 16.6. The Balaban J connectivity index is 2.01. The number of esters is 1. The van der Waals surface area contributed by atoms with E-state index >= 15 is 0 Å². The van der Waals surface area contributed by atoms with Crippen LogP contribution in [0.2, 0.25) is 0 Å². The number of nitrogens with zero attached hydrogens (tertiary/aromatic N) is 1. The monoisotopic (exact) mass is 742 g/mol. The number of anilines is 1. The number of ether oxygens (including phenoxy) is 3. The first-order valence-corrected chi connectivity index (χ1v) is 18.8. The number of rotatable bonds is 20. The first-order chi connectivity index (χ1) is 24.9. The Morgan fingerprint density at radius 2 is 1.62 bits per heavy atom. The van der Waals surface area contributed by atoms with Crippen molar-refractivity contribution in [3.05, 3.63) is 72.9 Å². The number of carbonyl (C=O) groups excluding carboxylic acids is 2. The van der Waals surface area contributed by atoms with Crippen molar-refractivity contribution in [3.8, 4) is 5.75 Å². The van der Waals surface area contributed by atoms with Crippen molar-refractivity contribution in [3.63, 3.8) is 0 Å². The second-order valence-electron chi connectivity index (χ2n) is 15.4. The molecule has 0 aromatic heterocycles. The Bertz CT molecular complexity index is 1380. The van der Waals surface area contributed by atoms with Gasteiger partial charge in [-0.25, -0.2) is 4.79 Å². The topological polar surface area (TPSA) is 158 Å². The lowest BCUT2D eigenvalue weighted by atomic mass is 9.81. The summed E-state index contributed by atoms with van der Waals surface area (Å²) in [5.74, 6) is -2.02. The van der Waals surface area contributed by atoms with Gasteiger partial charge < -0.3 is 34.6 Å². The van der Waals surface area contributed by atoms with E-state index in [1.807, 2.05) is 72.7 Å². The number of nitrogens with one attached hydrogen (secondary N) is 1. The highest BCUT2D eigenvalue weighted by Gasteiger charge is 2.41. The smallest absolute Gasteiger partial charge is 0.411 e. The summed E-state index contributed by atoms with van der Waals surface area (Å²) in [6.45, 7) is 19.1. The van der Waals surface area contributed by atoms with E-state index in [2.05, 4.69) is 11.9 Å². The van der Waals surface area contributed by atoms with Crippen molar-refractivity contribution in [2.24, 2.45) is 41.4 Å². The molecule has 0 spiro atoms. The Morgan fingerprint density at radius 3 is 2.23 bits per heavy atom. The fourth-order valence-corrected chi connectivity index (χ4v) is 6.78. The van der Waals surface area contributed by atoms with Crippen molar-refractivity contribution < 1.29 is 44.2 Å². The van der Waals surface area contributed by atoms with Crippen LogP contribution in [0.1, 0.15) is 68.2 Å². The normalized spacial score (nSPS) is 24.8. The molecule has 1 amide bonds. The lowest BCUT2D eigenvalue weighted by molar-refractivity contribution is -0.179. The Labute approximate surface area is 317 Å². The molecule has 1 heterocycles. The number of hydrogen-bond donors (Lipinski definition) is 5. The van der Waals surface area contributed by atoms with Gasteiger partial charge in [-0.3, -0.25) is 15.0 Å². The van der Waals surface area contributed by atoms with Crippen LogP contribution in [0.5, 0.6) is 5.75 Å². The van der Waals surface area contributed by atoms with Gasteiger partial charge in [-0.2, -0.15) is 0 Å². The molecule has 1 aliphatic rings. The maximum Gasteiger partial charge on any atom is 0.411 e. The lowest BCUT2D eigenvalue weighted by Crippen LogP contribution is -2.47. The van der Waals surface area contributed by atoms with Crippen LogP contribution in [0, 0.1) is 41.4 Å². The molecule has 298 valence electrons. The quantitative estimate of drug-likeness (QED) is 0.0442. The van der Waals surface area contributed by atoms with Gasteiger partial charge in [0.05, 0.1) is 30.3 Å². The predicted octanol–water partition coefficient (Wildman–Crippen LogP) is 6.35. The van der Waals surface area contributed by atoms with Crippen LogP contribution >= 0.6 is 0 Å². The fraction of sp³-hybridized carbons (Fsp3) is 0.619. The highest BCUT2D eigenvalue weighted by molar-refractivity contribution is 5.84. The highest BCUT2D eigenvalue weighted by Crippen LogP contribution is 2.31. The van der Waals surface area contributed by atoms with E-state index in [4.69, 9.17) is 14.2 Å². The zero-order valence-corrected chi connectivity index (χ0v) is 33.4. The minimum absolute atomic E-state index is 0.157. The SMILES string of the molecule is C=C/C=C\[C@H](C)[C@H](OC(=O)Nc1ccc(OCN(C)C)cc1)[C@@H](C)[C@H](O)[C@@H](C)C/C(C)=C\[C@H](C)[C@@H](O)[C@@H](C)/C=C\[C@@H](O)C[C@@H]1OC(=O)[C@H](C)[C@@H](O)[C@H]1C. The average Bonchev–Trinajstić information content (AvgIpc) is 3.11. The summed E-state index contributed by atoms with van der Waals surface area (Å²) in [5.41, 5.74) is 1.55. The van der Waals surface area contributed by atoms with Crippen LogP contribution < -0.4 is 10.1 Å². The van der Waals surface area contributed by atoms with E-state index in [1.165, 1.54) is 0 Å². The minimum atomic E-state index is -0.907. The number of hydrogen-bond acceptors (Lipinski definition) is 10. The molecule has 2 rings (SSSR count). The fourth-order valence-electron chi connectivity index (χ4n) is 6.78. The summed E-state index contributed by atoms with van der Waals surface area (Å²) in [6.07, 6.45) is 6.29. The van der Waals surface area contributed by atoms with E-state index in [1.54, 1.807) is 62.4 Å². The van der Waals surface area contributed by atoms with Crippen molar-refractivity contribution in [1.82, 2.24) is 4.90 Å². The molecule has 1 aromatic rings. The number of allylic oxidation sites excluding steroid dienone is 3. The van der Waals surface area contributed by atoms with Gasteiger partial charge in [0, 0.05) is 41.7 Å². The third-order valence-electron chi connectivity index (χ3n) is 10.2. The molecule has 0 saturated carbocycles. The molecule has 0 unspecified atom stereocenters. The predicted molar refractivity (Wildman–Crippen MR) is 209 cm³/mol. The number of cyclic esters (lactones) is 1. The number of amides is 1. The molecular formula is C42H66N2O9. The zero-order valence-electron chi connectivity index (χ0n) is 33.4. The standard InChI is InChI=1S/C42H66N2O9/c1-12-13-14-27(4)40(53-42(50)43-33-16-19-35(20-17-33)51-24-44(10)11)31(8)38(47)29(6)22-25(2)21-28(5)37(46)26(3)15-18-34(45)23-36-30(7)39(48)32(9)41(49)52-36/h12-21,26-32,34,36-40,45-48H,1,22-24H2,2-11H3,(H,43,50)/b14-13-,18-15-,25-21-/t26-,27-,28-,29-,30-,31-,32+,34+,36-,37-,38+,39-,40-/m0/s1. The summed E-state index contributed by atoms with van der Waals surface area (Å²) >= 11 is 0. The molecule has 11 nitrogen and oxygen atoms in total. The Morgan fingerprint density at radius 1 is 0.981 bits per heavy atom. The summed E-state index contributed by atoms with van der Waals surface area (Å²) < 4.78 is 17.0. The van der Waals surface area contributed by atoms with Gasteiger partial charge in [-0.15, -0.1) is 0 Å². The van der Waals surface area contributed by atoms with Gasteiger partial charge in [-0.1, -0.05) is 90.2 Å². The molecular weight excluding hydrogens is 676 g/mol. The van der Waals surface area contributed by atoms with Crippen molar-refractivity contribution in [2.75, 3.05) is 26.1 Å². The molecule has 11 heteroatoms. The first-order valence-electron chi connectivity index (χ1n) is 18.8. The van der Waals surface area contributed by atoms with Gasteiger partial charge in [-0.05, 0) is 64.5 Å². The average molecular weight is 743 g/mol. The summed E-state index contributed by atoms with van der Waals surface area (Å²) in [6, 6.07) is 7.01. The third-order valence-corrected chi connectivity index (χ3v) is 10.2. The van der Waals surface area contributed by atoms with Crippen LogP contribution in [0.4, 0.5) is 10.5 Å². The number of carbonyl (C=O) groups is 2. The number of benzene rings is 1. The number of aliphatic hydroxyl groups is 4. The van der Waals surface area contributed by atoms with Crippen LogP contribution in [0.25, 0.3) is 0 Å². The Kier molecular flexibility index (Phi) is 19.0. The lowest BCUT2D eigenvalue weighted by Gasteiger charge is -2.36. The van der Waals surface area contributed by atoms with Gasteiger partial charge in [0.15, 0.2) is 0 Å². The molecule has 13 atom stereocenters. The summed E-state index contributed by atoms with van der Waals surface area (Å²) in [5, 5.41) is 46.3. The van der Waals surface area contributed by atoms with Crippen molar-refractivity contribution in [1.29, 1.82) is 0 Å². The van der Waals surface area contributed by atoms with E-state index in [0.717, 1.165) is 5.57 Å². The second kappa shape index (κ2) is 22.0. The second-order valence-corrected chi connectivity index (χ2v) is 15.4. The molecule has 1 aromatic carbocycles. The molecule has 0 radical (unpaired) electrons. The van der Waals surface area contributed by atoms with E-state index < -0.39 is 60.5 Å². The van der Waals surface area contributed by atoms with Gasteiger partial charge in [0.1, 0.15) is 24.7 Å². The van der Waals surface area contributed by atoms with E-state index in [0.29, 0.717) is 24.6 Å². The van der Waals surface area contributed by atoms with Gasteiger partial charge in [0.2, 0.25) is 0 Å². The molecule has 1 saturated heterocycles. The van der Waals surface area contributed by atoms with Gasteiger partial charge in [0.25, 0.3) is 0 Å². The largest absolute Gasteiger partial charge is 0.478 e. The maximum absolute atomic E-state index is 13.1. The van der Waals surface area contributed by atoms with E-state index in [-0.39, 0.29) is 36.0 Å².